The fraction of sp³-hybridized carbons (Fsp3) is 0.520. The van der Waals surface area contributed by atoms with Crippen molar-refractivity contribution in [1.29, 1.82) is 0 Å². The van der Waals surface area contributed by atoms with Crippen molar-refractivity contribution in [2.24, 2.45) is 5.41 Å². The Hall–Kier alpha value is -2.16. The first-order valence-electron chi connectivity index (χ1n) is 10.6. The van der Waals surface area contributed by atoms with Crippen LogP contribution in [0.3, 0.4) is 0 Å². The molecule has 0 spiro atoms. The monoisotopic (exact) mass is 384 g/mol. The van der Waals surface area contributed by atoms with Gasteiger partial charge in [-0.05, 0) is 62.3 Å². The van der Waals surface area contributed by atoms with E-state index in [9.17, 15) is 0 Å². The van der Waals surface area contributed by atoms with Gasteiger partial charge in [0.2, 0.25) is 0 Å². The van der Waals surface area contributed by atoms with E-state index in [4.69, 9.17) is 14.2 Å². The lowest BCUT2D eigenvalue weighted by Crippen LogP contribution is -2.24. The van der Waals surface area contributed by atoms with Crippen molar-refractivity contribution in [3.05, 3.63) is 53.6 Å². The van der Waals surface area contributed by atoms with Crippen LogP contribution in [0.1, 0.15) is 58.1 Å². The fourth-order valence-electron chi connectivity index (χ4n) is 3.88. The third kappa shape index (κ3) is 5.92. The molecule has 0 aliphatic carbocycles. The summed E-state index contributed by atoms with van der Waals surface area (Å²) in [6, 6.07) is 14.5. The minimum absolute atomic E-state index is 0.0870. The number of unbranched alkanes of at least 4 members (excludes halogenated alkanes) is 1. The second-order valence-corrected chi connectivity index (χ2v) is 7.68. The van der Waals surface area contributed by atoms with Gasteiger partial charge in [0.1, 0.15) is 17.2 Å². The SMILES string of the molecule is CCCCC(C)(Cc1ccccc1OC)Cc1c(OCC)cccc1OCC. The minimum atomic E-state index is 0.0870. The summed E-state index contributed by atoms with van der Waals surface area (Å²) in [7, 11) is 1.75. The molecule has 0 bridgehead atoms. The summed E-state index contributed by atoms with van der Waals surface area (Å²) in [6.07, 6.45) is 5.41. The smallest absolute Gasteiger partial charge is 0.126 e. The molecule has 3 nitrogen and oxygen atoms in total. The lowest BCUT2D eigenvalue weighted by molar-refractivity contribution is 0.259. The van der Waals surface area contributed by atoms with Crippen molar-refractivity contribution in [2.45, 2.75) is 59.8 Å². The van der Waals surface area contributed by atoms with Crippen LogP contribution in [0.15, 0.2) is 42.5 Å². The second-order valence-electron chi connectivity index (χ2n) is 7.68. The quantitative estimate of drug-likeness (QED) is 0.419. The van der Waals surface area contributed by atoms with Gasteiger partial charge in [0.15, 0.2) is 0 Å². The Kier molecular flexibility index (Phi) is 8.69. The average Bonchev–Trinajstić information content (AvgIpc) is 2.70. The molecule has 0 aliphatic heterocycles. The van der Waals surface area contributed by atoms with Gasteiger partial charge in [-0.1, -0.05) is 51.0 Å². The number of hydrogen-bond donors (Lipinski definition) is 0. The molecule has 0 saturated carbocycles. The molecule has 0 N–H and O–H groups in total. The molecule has 0 heterocycles. The Bertz CT molecular complexity index is 701. The molecule has 1 unspecified atom stereocenters. The molecular weight excluding hydrogens is 348 g/mol. The molecule has 0 amide bonds. The Balaban J connectivity index is 2.40. The molecule has 0 aliphatic rings. The third-order valence-corrected chi connectivity index (χ3v) is 5.24. The predicted octanol–water partition coefficient (Wildman–Crippen LogP) is 6.47. The fourth-order valence-corrected chi connectivity index (χ4v) is 3.88. The van der Waals surface area contributed by atoms with Crippen LogP contribution in [0, 0.1) is 5.41 Å². The van der Waals surface area contributed by atoms with E-state index in [1.54, 1.807) is 7.11 Å². The Morgan fingerprint density at radius 1 is 0.786 bits per heavy atom. The predicted molar refractivity (Wildman–Crippen MR) is 117 cm³/mol. The Morgan fingerprint density at radius 3 is 1.96 bits per heavy atom. The topological polar surface area (TPSA) is 27.7 Å². The average molecular weight is 385 g/mol. The summed E-state index contributed by atoms with van der Waals surface area (Å²) < 4.78 is 17.6. The Labute approximate surface area is 171 Å². The maximum absolute atomic E-state index is 5.96. The highest BCUT2D eigenvalue weighted by Crippen LogP contribution is 2.40. The van der Waals surface area contributed by atoms with Crippen molar-refractivity contribution < 1.29 is 14.2 Å². The van der Waals surface area contributed by atoms with Crippen LogP contribution in [0.4, 0.5) is 0 Å². The van der Waals surface area contributed by atoms with E-state index >= 15 is 0 Å². The van der Waals surface area contributed by atoms with Crippen LogP contribution in [-0.2, 0) is 12.8 Å². The summed E-state index contributed by atoms with van der Waals surface area (Å²) in [4.78, 5) is 0. The van der Waals surface area contributed by atoms with Gasteiger partial charge in [0, 0.05) is 5.56 Å². The van der Waals surface area contributed by atoms with Gasteiger partial charge < -0.3 is 14.2 Å². The van der Waals surface area contributed by atoms with E-state index in [-0.39, 0.29) is 5.41 Å². The highest BCUT2D eigenvalue weighted by atomic mass is 16.5. The molecule has 2 rings (SSSR count). The second kappa shape index (κ2) is 11.0. The standard InChI is InChI=1S/C25H36O3/c1-6-9-17-25(4,18-20-13-10-11-14-22(20)26-5)19-21-23(27-7-2)15-12-16-24(21)28-8-3/h10-16H,6-9,17-19H2,1-5H3. The van der Waals surface area contributed by atoms with E-state index in [0.717, 1.165) is 36.5 Å². The molecule has 0 saturated heterocycles. The van der Waals surface area contributed by atoms with Crippen molar-refractivity contribution in [3.63, 3.8) is 0 Å². The normalized spacial score (nSPS) is 13.0. The van der Waals surface area contributed by atoms with Crippen LogP contribution >= 0.6 is 0 Å². The van der Waals surface area contributed by atoms with Gasteiger partial charge >= 0.3 is 0 Å². The number of rotatable bonds is 12. The van der Waals surface area contributed by atoms with Crippen LogP contribution in [-0.4, -0.2) is 20.3 Å². The summed E-state index contributed by atoms with van der Waals surface area (Å²) in [5.74, 6) is 2.85. The summed E-state index contributed by atoms with van der Waals surface area (Å²) >= 11 is 0. The number of ether oxygens (including phenoxy) is 3. The lowest BCUT2D eigenvalue weighted by Gasteiger charge is -2.32. The summed E-state index contributed by atoms with van der Waals surface area (Å²) in [5.41, 5.74) is 2.53. The van der Waals surface area contributed by atoms with Crippen molar-refractivity contribution >= 4 is 0 Å². The zero-order valence-electron chi connectivity index (χ0n) is 18.2. The van der Waals surface area contributed by atoms with Gasteiger partial charge in [-0.25, -0.2) is 0 Å². The molecular formula is C25H36O3. The largest absolute Gasteiger partial charge is 0.496 e. The van der Waals surface area contributed by atoms with E-state index in [2.05, 4.69) is 44.2 Å². The Morgan fingerprint density at radius 2 is 1.39 bits per heavy atom. The van der Waals surface area contributed by atoms with Crippen molar-refractivity contribution in [2.75, 3.05) is 20.3 Å². The number of benzene rings is 2. The number of para-hydroxylation sites is 1. The molecule has 0 fully saturated rings. The molecule has 3 heteroatoms. The summed E-state index contributed by atoms with van der Waals surface area (Å²) in [6.45, 7) is 10.0. The zero-order chi connectivity index (χ0) is 20.4. The van der Waals surface area contributed by atoms with E-state index < -0.39 is 0 Å². The van der Waals surface area contributed by atoms with Gasteiger partial charge in [0.05, 0.1) is 20.3 Å². The highest BCUT2D eigenvalue weighted by molar-refractivity contribution is 5.46. The molecule has 154 valence electrons. The van der Waals surface area contributed by atoms with Gasteiger partial charge in [0.25, 0.3) is 0 Å². The first kappa shape index (κ1) is 22.1. The number of methoxy groups -OCH3 is 1. The van der Waals surface area contributed by atoms with Gasteiger partial charge in [-0.3, -0.25) is 0 Å². The minimum Gasteiger partial charge on any atom is -0.496 e. The van der Waals surface area contributed by atoms with E-state index in [0.29, 0.717) is 13.2 Å². The van der Waals surface area contributed by atoms with Crippen LogP contribution in [0.5, 0.6) is 17.2 Å². The maximum atomic E-state index is 5.96. The molecule has 2 aromatic rings. The first-order valence-corrected chi connectivity index (χ1v) is 10.6. The zero-order valence-corrected chi connectivity index (χ0v) is 18.2. The highest BCUT2D eigenvalue weighted by Gasteiger charge is 2.29. The van der Waals surface area contributed by atoms with E-state index in [1.807, 2.05) is 26.0 Å². The van der Waals surface area contributed by atoms with Crippen LogP contribution in [0.25, 0.3) is 0 Å². The van der Waals surface area contributed by atoms with Crippen molar-refractivity contribution in [1.82, 2.24) is 0 Å². The summed E-state index contributed by atoms with van der Waals surface area (Å²) in [5, 5.41) is 0. The van der Waals surface area contributed by atoms with Crippen molar-refractivity contribution in [3.8, 4) is 17.2 Å². The molecule has 2 aromatic carbocycles. The molecule has 1 atom stereocenters. The molecule has 28 heavy (non-hydrogen) atoms. The molecule has 0 radical (unpaired) electrons. The van der Waals surface area contributed by atoms with Gasteiger partial charge in [-0.15, -0.1) is 0 Å². The van der Waals surface area contributed by atoms with Crippen LogP contribution < -0.4 is 14.2 Å². The lowest BCUT2D eigenvalue weighted by atomic mass is 9.74. The van der Waals surface area contributed by atoms with Crippen LogP contribution in [0.2, 0.25) is 0 Å². The first-order chi connectivity index (χ1) is 13.6. The molecule has 0 aromatic heterocycles. The van der Waals surface area contributed by atoms with E-state index in [1.165, 1.54) is 24.0 Å². The third-order valence-electron chi connectivity index (χ3n) is 5.24. The number of hydrogen-bond acceptors (Lipinski definition) is 3. The van der Waals surface area contributed by atoms with Gasteiger partial charge in [-0.2, -0.15) is 0 Å². The maximum Gasteiger partial charge on any atom is 0.126 e.